The Morgan fingerprint density at radius 3 is 2.06 bits per heavy atom. The summed E-state index contributed by atoms with van der Waals surface area (Å²) in [4.78, 5) is 44.3. The summed E-state index contributed by atoms with van der Waals surface area (Å²) in [5, 5.41) is 3.51. The minimum atomic E-state index is -0.149. The summed E-state index contributed by atoms with van der Waals surface area (Å²) in [6.45, 7) is 7.55. The molecule has 0 spiro atoms. The molecule has 8 heteroatoms. The lowest BCUT2D eigenvalue weighted by Crippen LogP contribution is -2.49. The fourth-order valence-corrected chi connectivity index (χ4v) is 4.49. The highest BCUT2D eigenvalue weighted by atomic mass is 35.5. The van der Waals surface area contributed by atoms with Gasteiger partial charge in [-0.25, -0.2) is 0 Å². The molecule has 0 unspecified atom stereocenters. The van der Waals surface area contributed by atoms with E-state index in [1.807, 2.05) is 35.8 Å². The monoisotopic (exact) mass is 482 g/mol. The molecule has 4 rings (SSSR count). The zero-order valence-electron chi connectivity index (χ0n) is 19.7. The summed E-state index contributed by atoms with van der Waals surface area (Å²) in [6, 6.07) is 12.5. The van der Waals surface area contributed by atoms with E-state index in [9.17, 15) is 14.4 Å². The summed E-state index contributed by atoms with van der Waals surface area (Å²) in [6.07, 6.45) is 2.02. The SMILES string of the molecule is CC(C)C(=O)Nc1ccc(N2CCN(C(=O)c3ccc(Cl)cc3)CC2)c(C(=O)N2CCCC2)c1. The zero-order valence-corrected chi connectivity index (χ0v) is 20.5. The molecule has 7 nitrogen and oxygen atoms in total. The van der Waals surface area contributed by atoms with Gasteiger partial charge in [0.1, 0.15) is 0 Å². The maximum atomic E-state index is 13.4. The third-order valence-corrected chi connectivity index (χ3v) is 6.66. The highest BCUT2D eigenvalue weighted by Gasteiger charge is 2.28. The van der Waals surface area contributed by atoms with Crippen LogP contribution in [0.3, 0.4) is 0 Å². The number of nitrogens with zero attached hydrogens (tertiary/aromatic N) is 3. The molecule has 2 aromatic carbocycles. The normalized spacial score (nSPS) is 16.2. The molecule has 2 fully saturated rings. The van der Waals surface area contributed by atoms with Crippen LogP contribution in [-0.2, 0) is 4.79 Å². The number of amides is 3. The van der Waals surface area contributed by atoms with Crippen molar-refractivity contribution in [2.45, 2.75) is 26.7 Å². The van der Waals surface area contributed by atoms with Crippen LogP contribution in [0.15, 0.2) is 42.5 Å². The van der Waals surface area contributed by atoms with Crippen LogP contribution in [0.2, 0.25) is 5.02 Å². The number of hydrogen-bond donors (Lipinski definition) is 1. The first-order valence-electron chi connectivity index (χ1n) is 11.9. The third kappa shape index (κ3) is 5.36. The molecule has 0 radical (unpaired) electrons. The molecule has 2 saturated heterocycles. The first-order chi connectivity index (χ1) is 16.3. The molecule has 3 amide bonds. The largest absolute Gasteiger partial charge is 0.367 e. The molecular formula is C26H31ClN4O3. The lowest BCUT2D eigenvalue weighted by Gasteiger charge is -2.37. The van der Waals surface area contributed by atoms with Crippen molar-refractivity contribution in [2.24, 2.45) is 5.92 Å². The molecule has 2 aliphatic rings. The van der Waals surface area contributed by atoms with Gasteiger partial charge in [0.05, 0.1) is 5.56 Å². The van der Waals surface area contributed by atoms with E-state index >= 15 is 0 Å². The minimum Gasteiger partial charge on any atom is -0.367 e. The molecule has 2 aromatic rings. The Morgan fingerprint density at radius 1 is 0.824 bits per heavy atom. The average Bonchev–Trinajstić information content (AvgIpc) is 3.39. The third-order valence-electron chi connectivity index (χ3n) is 6.41. The van der Waals surface area contributed by atoms with Gasteiger partial charge in [-0.05, 0) is 55.3 Å². The number of likely N-dealkylation sites (tertiary alicyclic amines) is 1. The number of halogens is 1. The van der Waals surface area contributed by atoms with E-state index in [0.29, 0.717) is 48.0 Å². The van der Waals surface area contributed by atoms with Gasteiger partial charge in [0, 0.05) is 67.1 Å². The molecule has 0 saturated carbocycles. The number of benzene rings is 2. The molecule has 0 aromatic heterocycles. The van der Waals surface area contributed by atoms with E-state index in [1.54, 1.807) is 30.3 Å². The van der Waals surface area contributed by atoms with Gasteiger partial charge in [-0.15, -0.1) is 0 Å². The standard InChI is InChI=1S/C26H31ClN4O3/c1-18(2)24(32)28-21-9-10-23(22(17-21)26(34)30-11-3-4-12-30)29-13-15-31(16-14-29)25(33)19-5-7-20(27)8-6-19/h5-10,17-18H,3-4,11-16H2,1-2H3,(H,28,32). The molecule has 2 aliphatic heterocycles. The first-order valence-corrected chi connectivity index (χ1v) is 12.3. The molecule has 2 heterocycles. The molecule has 34 heavy (non-hydrogen) atoms. The predicted molar refractivity (Wildman–Crippen MR) is 135 cm³/mol. The van der Waals surface area contributed by atoms with Crippen LogP contribution >= 0.6 is 11.6 Å². The van der Waals surface area contributed by atoms with E-state index in [-0.39, 0.29) is 23.6 Å². The minimum absolute atomic E-state index is 0.00665. The predicted octanol–water partition coefficient (Wildman–Crippen LogP) is 4.13. The number of anilines is 2. The van der Waals surface area contributed by atoms with E-state index in [1.165, 1.54) is 0 Å². The van der Waals surface area contributed by atoms with Crippen LogP contribution in [0.4, 0.5) is 11.4 Å². The second-order valence-corrected chi connectivity index (χ2v) is 9.60. The van der Waals surface area contributed by atoms with Crippen LogP contribution < -0.4 is 10.2 Å². The van der Waals surface area contributed by atoms with Crippen molar-refractivity contribution in [3.8, 4) is 0 Å². The van der Waals surface area contributed by atoms with Crippen molar-refractivity contribution in [1.29, 1.82) is 0 Å². The summed E-state index contributed by atoms with van der Waals surface area (Å²) in [7, 11) is 0. The van der Waals surface area contributed by atoms with Gasteiger partial charge in [-0.3, -0.25) is 14.4 Å². The van der Waals surface area contributed by atoms with Crippen LogP contribution in [-0.4, -0.2) is 66.8 Å². The summed E-state index contributed by atoms with van der Waals surface area (Å²) < 4.78 is 0. The average molecular weight is 483 g/mol. The lowest BCUT2D eigenvalue weighted by molar-refractivity contribution is -0.118. The molecule has 180 valence electrons. The number of hydrogen-bond acceptors (Lipinski definition) is 4. The van der Waals surface area contributed by atoms with Crippen molar-refractivity contribution >= 4 is 40.7 Å². The second-order valence-electron chi connectivity index (χ2n) is 9.16. The fraction of sp³-hybridized carbons (Fsp3) is 0.423. The highest BCUT2D eigenvalue weighted by Crippen LogP contribution is 2.28. The maximum Gasteiger partial charge on any atom is 0.256 e. The van der Waals surface area contributed by atoms with Gasteiger partial charge >= 0.3 is 0 Å². The van der Waals surface area contributed by atoms with Crippen molar-refractivity contribution in [2.75, 3.05) is 49.5 Å². The van der Waals surface area contributed by atoms with Crippen LogP contribution in [0, 0.1) is 5.92 Å². The van der Waals surface area contributed by atoms with Gasteiger partial charge < -0.3 is 20.0 Å². The zero-order chi connectivity index (χ0) is 24.2. The van der Waals surface area contributed by atoms with Crippen LogP contribution in [0.25, 0.3) is 0 Å². The van der Waals surface area contributed by atoms with Gasteiger partial charge in [0.2, 0.25) is 5.91 Å². The van der Waals surface area contributed by atoms with Crippen LogP contribution in [0.1, 0.15) is 47.4 Å². The lowest BCUT2D eigenvalue weighted by atomic mass is 10.1. The number of nitrogens with one attached hydrogen (secondary N) is 1. The number of rotatable bonds is 5. The van der Waals surface area contributed by atoms with E-state index in [0.717, 1.165) is 31.6 Å². The van der Waals surface area contributed by atoms with E-state index in [2.05, 4.69) is 10.2 Å². The van der Waals surface area contributed by atoms with E-state index in [4.69, 9.17) is 11.6 Å². The molecular weight excluding hydrogens is 452 g/mol. The first kappa shape index (κ1) is 24.1. The summed E-state index contributed by atoms with van der Waals surface area (Å²) in [5.74, 6) is -0.255. The topological polar surface area (TPSA) is 73.0 Å². The van der Waals surface area contributed by atoms with Gasteiger partial charge in [-0.2, -0.15) is 0 Å². The van der Waals surface area contributed by atoms with Gasteiger partial charge in [0.15, 0.2) is 0 Å². The molecule has 0 bridgehead atoms. The van der Waals surface area contributed by atoms with Gasteiger partial charge in [-0.1, -0.05) is 25.4 Å². The highest BCUT2D eigenvalue weighted by molar-refractivity contribution is 6.30. The second kappa shape index (κ2) is 10.5. The van der Waals surface area contributed by atoms with Crippen molar-refractivity contribution < 1.29 is 14.4 Å². The fourth-order valence-electron chi connectivity index (χ4n) is 4.36. The Balaban J connectivity index is 1.52. The number of piperazine rings is 1. The number of carbonyl (C=O) groups is 3. The Hall–Kier alpha value is -3.06. The summed E-state index contributed by atoms with van der Waals surface area (Å²) in [5.41, 5.74) is 2.69. The Labute approximate surface area is 205 Å². The smallest absolute Gasteiger partial charge is 0.256 e. The molecule has 0 aliphatic carbocycles. The van der Waals surface area contributed by atoms with Gasteiger partial charge in [0.25, 0.3) is 11.8 Å². The molecule has 0 atom stereocenters. The quantitative estimate of drug-likeness (QED) is 0.695. The Bertz CT molecular complexity index is 1060. The van der Waals surface area contributed by atoms with Crippen molar-refractivity contribution in [3.63, 3.8) is 0 Å². The maximum absolute atomic E-state index is 13.4. The van der Waals surface area contributed by atoms with Crippen molar-refractivity contribution in [3.05, 3.63) is 58.6 Å². The van der Waals surface area contributed by atoms with Crippen molar-refractivity contribution in [1.82, 2.24) is 9.80 Å². The van der Waals surface area contributed by atoms with Crippen LogP contribution in [0.5, 0.6) is 0 Å². The Kier molecular flexibility index (Phi) is 7.41. The molecule has 1 N–H and O–H groups in total. The van der Waals surface area contributed by atoms with E-state index < -0.39 is 0 Å². The number of carbonyl (C=O) groups excluding carboxylic acids is 3. The Morgan fingerprint density at radius 2 is 1.44 bits per heavy atom. The summed E-state index contributed by atoms with van der Waals surface area (Å²) >= 11 is 5.94.